The van der Waals surface area contributed by atoms with Gasteiger partial charge in [0.05, 0.1) is 0 Å². The van der Waals surface area contributed by atoms with Gasteiger partial charge in [-0.05, 0) is 32.6 Å². The third kappa shape index (κ3) is 7.53. The standard InChI is InChI=1S/C10H23ClOSi/c1-9(6-4-5-7-11)8-10(2,3)12-13/h9H,4-8H2,1-3,13H3. The lowest BCUT2D eigenvalue weighted by molar-refractivity contribution is 0.0919. The van der Waals surface area contributed by atoms with Gasteiger partial charge in [0.15, 0.2) is 0 Å². The van der Waals surface area contributed by atoms with Crippen LogP contribution in [0.3, 0.4) is 0 Å². The van der Waals surface area contributed by atoms with Crippen molar-refractivity contribution in [2.24, 2.45) is 5.92 Å². The molecule has 0 spiro atoms. The zero-order valence-corrected chi connectivity index (χ0v) is 12.2. The van der Waals surface area contributed by atoms with Gasteiger partial charge in [-0.3, -0.25) is 0 Å². The van der Waals surface area contributed by atoms with Gasteiger partial charge in [-0.15, -0.1) is 11.6 Å². The van der Waals surface area contributed by atoms with Gasteiger partial charge < -0.3 is 4.43 Å². The van der Waals surface area contributed by atoms with Crippen LogP contribution in [0.4, 0.5) is 0 Å². The second-order valence-corrected chi connectivity index (χ2v) is 5.24. The van der Waals surface area contributed by atoms with Gasteiger partial charge in [0.2, 0.25) is 0 Å². The summed E-state index contributed by atoms with van der Waals surface area (Å²) >= 11 is 5.63. The van der Waals surface area contributed by atoms with Crippen molar-refractivity contribution in [2.45, 2.75) is 52.1 Å². The van der Waals surface area contributed by atoms with E-state index in [1.165, 1.54) is 19.3 Å². The van der Waals surface area contributed by atoms with E-state index < -0.39 is 0 Å². The molecule has 0 aromatic rings. The molecule has 0 aliphatic rings. The molecule has 0 N–H and O–H groups in total. The monoisotopic (exact) mass is 222 g/mol. The van der Waals surface area contributed by atoms with Crippen LogP contribution in [0.1, 0.15) is 46.5 Å². The summed E-state index contributed by atoms with van der Waals surface area (Å²) in [5, 5.41) is 0. The van der Waals surface area contributed by atoms with E-state index in [0.29, 0.717) is 0 Å². The molecule has 0 amide bonds. The van der Waals surface area contributed by atoms with E-state index in [1.54, 1.807) is 0 Å². The molecule has 1 atom stereocenters. The summed E-state index contributed by atoms with van der Waals surface area (Å²) in [5.74, 6) is 1.56. The molecule has 13 heavy (non-hydrogen) atoms. The second kappa shape index (κ2) is 6.85. The number of halogens is 1. The first-order valence-corrected chi connectivity index (χ1v) is 6.48. The first-order chi connectivity index (χ1) is 6.02. The molecular formula is C10H23ClOSi. The van der Waals surface area contributed by atoms with Crippen molar-refractivity contribution in [2.75, 3.05) is 5.88 Å². The summed E-state index contributed by atoms with van der Waals surface area (Å²) in [4.78, 5) is 0. The van der Waals surface area contributed by atoms with Crippen molar-refractivity contribution >= 4 is 22.1 Å². The highest BCUT2D eigenvalue weighted by molar-refractivity contribution is 6.17. The fourth-order valence-electron chi connectivity index (χ4n) is 1.61. The Balaban J connectivity index is 3.55. The largest absolute Gasteiger partial charge is 0.423 e. The highest BCUT2D eigenvalue weighted by Gasteiger charge is 2.18. The fraction of sp³-hybridized carbons (Fsp3) is 1.00. The van der Waals surface area contributed by atoms with E-state index in [0.717, 1.165) is 28.7 Å². The lowest BCUT2D eigenvalue weighted by Crippen LogP contribution is -2.25. The van der Waals surface area contributed by atoms with Crippen molar-refractivity contribution < 1.29 is 4.43 Å². The van der Waals surface area contributed by atoms with Crippen LogP contribution in [0.15, 0.2) is 0 Å². The molecule has 3 heteroatoms. The van der Waals surface area contributed by atoms with Crippen LogP contribution < -0.4 is 0 Å². The van der Waals surface area contributed by atoms with Gasteiger partial charge in [0.25, 0.3) is 0 Å². The van der Waals surface area contributed by atoms with Crippen molar-refractivity contribution in [3.05, 3.63) is 0 Å². The van der Waals surface area contributed by atoms with E-state index in [4.69, 9.17) is 16.0 Å². The molecule has 0 aliphatic carbocycles. The lowest BCUT2D eigenvalue weighted by Gasteiger charge is -2.27. The van der Waals surface area contributed by atoms with Crippen molar-refractivity contribution in [1.82, 2.24) is 0 Å². The summed E-state index contributed by atoms with van der Waals surface area (Å²) in [5.41, 5.74) is 0.0899. The molecule has 0 radical (unpaired) electrons. The summed E-state index contributed by atoms with van der Waals surface area (Å²) < 4.78 is 5.53. The van der Waals surface area contributed by atoms with Gasteiger partial charge in [0.1, 0.15) is 10.5 Å². The minimum absolute atomic E-state index is 0.0899. The Labute approximate surface area is 90.7 Å². The SMILES string of the molecule is CC(CCCCCl)CC(C)(C)O[SiH3]. The molecule has 1 unspecified atom stereocenters. The third-order valence-electron chi connectivity index (χ3n) is 2.47. The summed E-state index contributed by atoms with van der Waals surface area (Å²) in [6.45, 7) is 6.66. The maximum atomic E-state index is 5.63. The summed E-state index contributed by atoms with van der Waals surface area (Å²) in [6.07, 6.45) is 4.84. The number of alkyl halides is 1. The Morgan fingerprint density at radius 2 is 2.00 bits per heavy atom. The molecule has 0 aromatic carbocycles. The lowest BCUT2D eigenvalue weighted by atomic mass is 9.91. The van der Waals surface area contributed by atoms with Crippen LogP contribution in [0.5, 0.6) is 0 Å². The minimum Gasteiger partial charge on any atom is -0.423 e. The molecule has 0 aliphatic heterocycles. The van der Waals surface area contributed by atoms with Crippen LogP contribution in [0.25, 0.3) is 0 Å². The summed E-state index contributed by atoms with van der Waals surface area (Å²) in [6, 6.07) is 0. The van der Waals surface area contributed by atoms with Gasteiger partial charge >= 0.3 is 0 Å². The van der Waals surface area contributed by atoms with E-state index in [1.807, 2.05) is 0 Å². The highest BCUT2D eigenvalue weighted by atomic mass is 35.5. The van der Waals surface area contributed by atoms with Crippen molar-refractivity contribution in [1.29, 1.82) is 0 Å². The third-order valence-corrected chi connectivity index (χ3v) is 3.85. The molecular weight excluding hydrogens is 200 g/mol. The van der Waals surface area contributed by atoms with Gasteiger partial charge in [-0.25, -0.2) is 0 Å². The van der Waals surface area contributed by atoms with Gasteiger partial charge in [-0.2, -0.15) is 0 Å². The average Bonchev–Trinajstić information content (AvgIpc) is 2.04. The normalized spacial score (nSPS) is 14.8. The highest BCUT2D eigenvalue weighted by Crippen LogP contribution is 2.22. The Morgan fingerprint density at radius 3 is 2.46 bits per heavy atom. The summed E-state index contributed by atoms with van der Waals surface area (Å²) in [7, 11) is 0.837. The van der Waals surface area contributed by atoms with Crippen LogP contribution in [0.2, 0.25) is 0 Å². The number of hydrogen-bond donors (Lipinski definition) is 0. The zero-order valence-electron chi connectivity index (χ0n) is 9.40. The first kappa shape index (κ1) is 13.5. The molecule has 0 fully saturated rings. The molecule has 0 rings (SSSR count). The Kier molecular flexibility index (Phi) is 7.10. The minimum atomic E-state index is 0.0899. The Morgan fingerprint density at radius 1 is 1.38 bits per heavy atom. The zero-order chi connectivity index (χ0) is 10.3. The van der Waals surface area contributed by atoms with Gasteiger partial charge in [-0.1, -0.05) is 19.8 Å². The molecule has 0 bridgehead atoms. The Bertz CT molecular complexity index is 128. The van der Waals surface area contributed by atoms with E-state index in [9.17, 15) is 0 Å². The maximum Gasteiger partial charge on any atom is 0.146 e. The van der Waals surface area contributed by atoms with E-state index >= 15 is 0 Å². The molecule has 0 saturated heterocycles. The van der Waals surface area contributed by atoms with Crippen molar-refractivity contribution in [3.63, 3.8) is 0 Å². The van der Waals surface area contributed by atoms with Crippen molar-refractivity contribution in [3.8, 4) is 0 Å². The van der Waals surface area contributed by atoms with E-state index in [2.05, 4.69) is 20.8 Å². The van der Waals surface area contributed by atoms with Crippen LogP contribution >= 0.6 is 11.6 Å². The average molecular weight is 223 g/mol. The number of unbranched alkanes of at least 4 members (excludes halogenated alkanes) is 1. The number of hydrogen-bond acceptors (Lipinski definition) is 1. The first-order valence-electron chi connectivity index (χ1n) is 5.13. The molecule has 80 valence electrons. The van der Waals surface area contributed by atoms with Crippen LogP contribution in [0, 0.1) is 5.92 Å². The topological polar surface area (TPSA) is 9.23 Å². The van der Waals surface area contributed by atoms with Crippen LogP contribution in [-0.2, 0) is 4.43 Å². The van der Waals surface area contributed by atoms with Gasteiger partial charge in [0, 0.05) is 11.5 Å². The molecule has 1 nitrogen and oxygen atoms in total. The smallest absolute Gasteiger partial charge is 0.146 e. The molecule has 0 heterocycles. The fourth-order valence-corrected chi connectivity index (χ4v) is 1.97. The maximum absolute atomic E-state index is 5.63. The molecule has 0 aromatic heterocycles. The number of rotatable bonds is 7. The van der Waals surface area contributed by atoms with Crippen LogP contribution in [-0.4, -0.2) is 22.0 Å². The predicted molar refractivity (Wildman–Crippen MR) is 63.5 cm³/mol. The second-order valence-electron chi connectivity index (χ2n) is 4.46. The van der Waals surface area contributed by atoms with E-state index in [-0.39, 0.29) is 5.60 Å². The quantitative estimate of drug-likeness (QED) is 0.366. The predicted octanol–water partition coefficient (Wildman–Crippen LogP) is 2.50. The Hall–Kier alpha value is 0.467. The molecule has 0 saturated carbocycles.